The highest BCUT2D eigenvalue weighted by molar-refractivity contribution is 7.13. The van der Waals surface area contributed by atoms with E-state index in [0.29, 0.717) is 22.3 Å². The molecule has 3 nitrogen and oxygen atoms in total. The average molecular weight is 328 g/mol. The highest BCUT2D eigenvalue weighted by atomic mass is 35.5. The summed E-state index contributed by atoms with van der Waals surface area (Å²) in [5, 5.41) is 2.80. The number of thiophene rings is 1. The van der Waals surface area contributed by atoms with Gasteiger partial charge >= 0.3 is 5.97 Å². The summed E-state index contributed by atoms with van der Waals surface area (Å²) >= 11 is 13.3. The maximum absolute atomic E-state index is 12.0. The minimum Gasteiger partial charge on any atom is -0.461 e. The quantitative estimate of drug-likeness (QED) is 0.601. The maximum atomic E-state index is 12.0. The fraction of sp³-hybridized carbons (Fsp3) is 0.143. The second kappa shape index (κ2) is 6.88. The molecule has 1 aromatic carbocycles. The van der Waals surface area contributed by atoms with Gasteiger partial charge in [-0.1, -0.05) is 29.3 Å². The average Bonchev–Trinajstić information content (AvgIpc) is 2.88. The number of carbonyl (C=O) groups excluding carboxylic acids is 1. The predicted molar refractivity (Wildman–Crippen MR) is 83.6 cm³/mol. The van der Waals surface area contributed by atoms with Crippen LogP contribution in [0.25, 0.3) is 0 Å². The van der Waals surface area contributed by atoms with E-state index in [9.17, 15) is 4.79 Å². The lowest BCUT2D eigenvalue weighted by Crippen LogP contribution is -2.17. The van der Waals surface area contributed by atoms with Crippen LogP contribution in [0.15, 0.2) is 40.7 Å². The van der Waals surface area contributed by atoms with Gasteiger partial charge in [0.15, 0.2) is 5.71 Å². The maximum Gasteiger partial charge on any atom is 0.358 e. The molecule has 20 heavy (non-hydrogen) atoms. The predicted octanol–water partition coefficient (Wildman–Crippen LogP) is 4.74. The molecule has 0 unspecified atom stereocenters. The largest absolute Gasteiger partial charge is 0.461 e. The molecule has 0 N–H and O–H groups in total. The molecule has 2 aromatic rings. The van der Waals surface area contributed by atoms with E-state index in [2.05, 4.69) is 4.99 Å². The van der Waals surface area contributed by atoms with Crippen LogP contribution in [0.3, 0.4) is 0 Å². The van der Waals surface area contributed by atoms with Gasteiger partial charge in [-0.15, -0.1) is 11.3 Å². The number of aliphatic imine (C=N–C) groups is 1. The molecule has 1 aromatic heterocycles. The Balaban J connectivity index is 2.45. The summed E-state index contributed by atoms with van der Waals surface area (Å²) in [6.45, 7) is 2.04. The Morgan fingerprint density at radius 2 is 2.00 bits per heavy atom. The molecule has 2 rings (SSSR count). The monoisotopic (exact) mass is 327 g/mol. The van der Waals surface area contributed by atoms with Crippen molar-refractivity contribution in [1.29, 1.82) is 0 Å². The molecule has 0 saturated carbocycles. The van der Waals surface area contributed by atoms with Crippen molar-refractivity contribution in [2.75, 3.05) is 6.61 Å². The third kappa shape index (κ3) is 3.82. The fourth-order valence-corrected chi connectivity index (χ4v) is 2.76. The van der Waals surface area contributed by atoms with Crippen molar-refractivity contribution in [2.24, 2.45) is 4.99 Å². The first-order chi connectivity index (χ1) is 9.60. The van der Waals surface area contributed by atoms with Crippen LogP contribution in [0.4, 0.5) is 5.69 Å². The number of benzene rings is 1. The van der Waals surface area contributed by atoms with Crippen molar-refractivity contribution in [3.05, 3.63) is 50.6 Å². The van der Waals surface area contributed by atoms with Crippen LogP contribution in [-0.4, -0.2) is 18.3 Å². The molecular weight excluding hydrogens is 317 g/mol. The molecule has 0 atom stereocenters. The molecule has 0 aliphatic heterocycles. The topological polar surface area (TPSA) is 38.7 Å². The van der Waals surface area contributed by atoms with Gasteiger partial charge in [0.1, 0.15) is 0 Å². The summed E-state index contributed by atoms with van der Waals surface area (Å²) in [6, 6.07) is 8.55. The molecule has 104 valence electrons. The van der Waals surface area contributed by atoms with Gasteiger partial charge in [-0.05, 0) is 36.6 Å². The van der Waals surface area contributed by atoms with Crippen molar-refractivity contribution in [1.82, 2.24) is 0 Å². The van der Waals surface area contributed by atoms with Crippen molar-refractivity contribution in [2.45, 2.75) is 6.92 Å². The lowest BCUT2D eigenvalue weighted by Gasteiger charge is -2.05. The molecule has 1 heterocycles. The van der Waals surface area contributed by atoms with Gasteiger partial charge in [0.25, 0.3) is 0 Å². The lowest BCUT2D eigenvalue weighted by molar-refractivity contribution is -0.134. The summed E-state index contributed by atoms with van der Waals surface area (Å²) < 4.78 is 5.03. The first-order valence-corrected chi connectivity index (χ1v) is 7.49. The summed E-state index contributed by atoms with van der Waals surface area (Å²) in [4.78, 5) is 17.1. The number of nitrogens with zero attached hydrogens (tertiary/aromatic N) is 1. The Morgan fingerprint density at radius 3 is 2.55 bits per heavy atom. The fourth-order valence-electron chi connectivity index (χ4n) is 1.55. The Hall–Kier alpha value is -1.36. The van der Waals surface area contributed by atoms with Crippen LogP contribution in [0.5, 0.6) is 0 Å². The Labute approximate surface area is 130 Å². The Morgan fingerprint density at radius 1 is 1.30 bits per heavy atom. The smallest absolute Gasteiger partial charge is 0.358 e. The van der Waals surface area contributed by atoms with Crippen LogP contribution in [0.1, 0.15) is 11.8 Å². The van der Waals surface area contributed by atoms with Gasteiger partial charge in [-0.2, -0.15) is 0 Å². The van der Waals surface area contributed by atoms with E-state index in [4.69, 9.17) is 27.9 Å². The summed E-state index contributed by atoms with van der Waals surface area (Å²) in [6.07, 6.45) is 0. The zero-order chi connectivity index (χ0) is 14.5. The van der Waals surface area contributed by atoms with Crippen molar-refractivity contribution >= 4 is 51.9 Å². The zero-order valence-corrected chi connectivity index (χ0v) is 12.9. The molecule has 0 aliphatic rings. The molecule has 0 amide bonds. The molecular formula is C14H11Cl2NO2S. The van der Waals surface area contributed by atoms with Crippen molar-refractivity contribution in [3.8, 4) is 0 Å². The number of halogens is 2. The minimum absolute atomic E-state index is 0.250. The van der Waals surface area contributed by atoms with Crippen LogP contribution < -0.4 is 0 Å². The number of rotatable bonds is 4. The Bertz CT molecular complexity index is 618. The number of esters is 1. The summed E-state index contributed by atoms with van der Waals surface area (Å²) in [5.41, 5.74) is 0.763. The van der Waals surface area contributed by atoms with Gasteiger partial charge in [0, 0.05) is 10.0 Å². The van der Waals surface area contributed by atoms with E-state index in [-0.39, 0.29) is 5.71 Å². The van der Waals surface area contributed by atoms with Crippen LogP contribution in [0.2, 0.25) is 10.0 Å². The van der Waals surface area contributed by atoms with E-state index in [1.54, 1.807) is 25.1 Å². The standard InChI is InChI=1S/C14H11Cl2NO2S/c1-2-19-14(18)13(12-4-3-5-20-12)17-11-7-9(15)6-10(16)8-11/h3-8H,2H2,1H3. The third-order valence-corrected chi connectivity index (χ3v) is 3.62. The van der Waals surface area contributed by atoms with Crippen LogP contribution in [0, 0.1) is 0 Å². The highest BCUT2D eigenvalue weighted by Crippen LogP contribution is 2.26. The van der Waals surface area contributed by atoms with Gasteiger partial charge in [0.2, 0.25) is 0 Å². The molecule has 0 saturated heterocycles. The minimum atomic E-state index is -0.467. The number of hydrogen-bond donors (Lipinski definition) is 0. The van der Waals surface area contributed by atoms with E-state index in [1.165, 1.54) is 11.3 Å². The molecule has 6 heteroatoms. The SMILES string of the molecule is CCOC(=O)C(=Nc1cc(Cl)cc(Cl)c1)c1cccs1. The van der Waals surface area contributed by atoms with Crippen LogP contribution >= 0.6 is 34.5 Å². The molecule has 0 bridgehead atoms. The zero-order valence-electron chi connectivity index (χ0n) is 10.6. The molecule has 0 spiro atoms. The molecule has 0 fully saturated rings. The van der Waals surface area contributed by atoms with Gasteiger partial charge in [0.05, 0.1) is 17.2 Å². The summed E-state index contributed by atoms with van der Waals surface area (Å²) in [5.74, 6) is -0.467. The summed E-state index contributed by atoms with van der Waals surface area (Å²) in [7, 11) is 0. The lowest BCUT2D eigenvalue weighted by atomic mass is 10.2. The normalized spacial score (nSPS) is 11.4. The van der Waals surface area contributed by atoms with E-state index >= 15 is 0 Å². The van der Waals surface area contributed by atoms with E-state index in [0.717, 1.165) is 4.88 Å². The number of hydrogen-bond acceptors (Lipinski definition) is 4. The number of carbonyl (C=O) groups is 1. The van der Waals surface area contributed by atoms with Gasteiger partial charge in [-0.3, -0.25) is 0 Å². The first kappa shape index (κ1) is 15.0. The van der Waals surface area contributed by atoms with Crippen molar-refractivity contribution < 1.29 is 9.53 Å². The van der Waals surface area contributed by atoms with Crippen LogP contribution in [-0.2, 0) is 9.53 Å². The number of ether oxygens (including phenoxy) is 1. The third-order valence-electron chi connectivity index (χ3n) is 2.31. The molecule has 0 aliphatic carbocycles. The second-order valence-corrected chi connectivity index (χ2v) is 5.61. The van der Waals surface area contributed by atoms with Gasteiger partial charge in [-0.25, -0.2) is 9.79 Å². The van der Waals surface area contributed by atoms with Crippen molar-refractivity contribution in [3.63, 3.8) is 0 Å². The Kier molecular flexibility index (Phi) is 5.17. The van der Waals surface area contributed by atoms with E-state index < -0.39 is 5.97 Å². The second-order valence-electron chi connectivity index (χ2n) is 3.79. The van der Waals surface area contributed by atoms with Gasteiger partial charge < -0.3 is 4.74 Å². The highest BCUT2D eigenvalue weighted by Gasteiger charge is 2.16. The molecule has 0 radical (unpaired) electrons. The first-order valence-electron chi connectivity index (χ1n) is 5.86. The van der Waals surface area contributed by atoms with E-state index in [1.807, 2.05) is 17.5 Å².